The van der Waals surface area contributed by atoms with E-state index < -0.39 is 6.04 Å². The summed E-state index contributed by atoms with van der Waals surface area (Å²) in [5.74, 6) is -0.140. The number of amides is 1. The molecule has 118 valence electrons. The number of nitrogens with one attached hydrogen (secondary N) is 1. The number of nitrogens with zero attached hydrogens (tertiary/aromatic N) is 1. The minimum absolute atomic E-state index is 0.124. The number of rotatable bonds is 9. The van der Waals surface area contributed by atoms with Crippen LogP contribution in [0.4, 0.5) is 11.4 Å². The van der Waals surface area contributed by atoms with Crippen LogP contribution in [0, 0.1) is 0 Å². The molecule has 5 nitrogen and oxygen atoms in total. The van der Waals surface area contributed by atoms with Crippen LogP contribution in [0.15, 0.2) is 24.3 Å². The molecule has 4 N–H and O–H groups in total. The highest BCUT2D eigenvalue weighted by molar-refractivity contribution is 5.94. The number of likely N-dealkylation sites (N-methyl/N-ethyl adjacent to an activating group) is 1. The van der Waals surface area contributed by atoms with E-state index in [-0.39, 0.29) is 12.5 Å². The van der Waals surface area contributed by atoms with Gasteiger partial charge in [0.05, 0.1) is 12.6 Å². The van der Waals surface area contributed by atoms with E-state index in [1.807, 2.05) is 31.2 Å². The summed E-state index contributed by atoms with van der Waals surface area (Å²) in [7, 11) is 0. The summed E-state index contributed by atoms with van der Waals surface area (Å²) in [5.41, 5.74) is 7.62. The lowest BCUT2D eigenvalue weighted by atomic mass is 10.1. The highest BCUT2D eigenvalue weighted by atomic mass is 16.3. The molecule has 1 amide bonds. The van der Waals surface area contributed by atoms with Crippen LogP contribution in [0.5, 0.6) is 0 Å². The first-order chi connectivity index (χ1) is 10.1. The van der Waals surface area contributed by atoms with Crippen LogP contribution >= 0.6 is 0 Å². The Labute approximate surface area is 127 Å². The van der Waals surface area contributed by atoms with E-state index in [9.17, 15) is 4.79 Å². The van der Waals surface area contributed by atoms with E-state index in [2.05, 4.69) is 17.1 Å². The Kier molecular flexibility index (Phi) is 7.79. The van der Waals surface area contributed by atoms with E-state index in [1.54, 1.807) is 0 Å². The van der Waals surface area contributed by atoms with Crippen molar-refractivity contribution in [2.45, 2.75) is 39.2 Å². The topological polar surface area (TPSA) is 78.6 Å². The average molecular weight is 293 g/mol. The maximum absolute atomic E-state index is 11.9. The van der Waals surface area contributed by atoms with Crippen LogP contribution in [0.3, 0.4) is 0 Å². The zero-order chi connectivity index (χ0) is 15.7. The van der Waals surface area contributed by atoms with Gasteiger partial charge in [0.2, 0.25) is 5.91 Å². The minimum atomic E-state index is -0.453. The number of carbonyl (C=O) groups excluding carboxylic acids is 1. The molecule has 0 aliphatic heterocycles. The number of hydrogen-bond donors (Lipinski definition) is 3. The number of carbonyl (C=O) groups is 1. The van der Waals surface area contributed by atoms with Crippen molar-refractivity contribution < 1.29 is 9.90 Å². The van der Waals surface area contributed by atoms with Crippen molar-refractivity contribution in [2.24, 2.45) is 5.73 Å². The predicted octanol–water partition coefficient (Wildman–Crippen LogP) is 1.96. The highest BCUT2D eigenvalue weighted by Gasteiger charge is 2.13. The Bertz CT molecular complexity index is 420. The smallest absolute Gasteiger partial charge is 0.241 e. The monoisotopic (exact) mass is 293 g/mol. The van der Waals surface area contributed by atoms with Gasteiger partial charge in [0.1, 0.15) is 0 Å². The van der Waals surface area contributed by atoms with Crippen LogP contribution in [0.2, 0.25) is 0 Å². The molecule has 1 atom stereocenters. The normalized spacial score (nSPS) is 12.0. The molecule has 5 heteroatoms. The lowest BCUT2D eigenvalue weighted by Crippen LogP contribution is -2.35. The molecule has 1 aromatic carbocycles. The predicted molar refractivity (Wildman–Crippen MR) is 87.5 cm³/mol. The number of unbranched alkanes of at least 4 members (excludes halogenated alkanes) is 1. The van der Waals surface area contributed by atoms with Crippen molar-refractivity contribution in [1.29, 1.82) is 0 Å². The SMILES string of the molecule is CCCCC(N)C(=O)Nc1ccc(N(CC)CCO)cc1. The summed E-state index contributed by atoms with van der Waals surface area (Å²) in [6.45, 7) is 5.67. The number of nitrogens with two attached hydrogens (primary N) is 1. The van der Waals surface area contributed by atoms with Gasteiger partial charge in [0.25, 0.3) is 0 Å². The second-order valence-corrected chi connectivity index (χ2v) is 5.09. The summed E-state index contributed by atoms with van der Waals surface area (Å²) < 4.78 is 0. The average Bonchev–Trinajstić information content (AvgIpc) is 2.51. The molecule has 0 aliphatic carbocycles. The molecule has 0 heterocycles. The highest BCUT2D eigenvalue weighted by Crippen LogP contribution is 2.18. The van der Waals surface area contributed by atoms with Gasteiger partial charge in [-0.3, -0.25) is 4.79 Å². The van der Waals surface area contributed by atoms with Crippen molar-refractivity contribution >= 4 is 17.3 Å². The van der Waals surface area contributed by atoms with Crippen molar-refractivity contribution in [3.8, 4) is 0 Å². The van der Waals surface area contributed by atoms with Crippen LogP contribution < -0.4 is 16.0 Å². The van der Waals surface area contributed by atoms with Gasteiger partial charge in [-0.05, 0) is 37.6 Å². The molecule has 0 fully saturated rings. The van der Waals surface area contributed by atoms with Crippen molar-refractivity contribution in [2.75, 3.05) is 29.9 Å². The number of hydrogen-bond acceptors (Lipinski definition) is 4. The summed E-state index contributed by atoms with van der Waals surface area (Å²) in [5, 5.41) is 11.9. The fourth-order valence-corrected chi connectivity index (χ4v) is 2.14. The number of aliphatic hydroxyl groups excluding tert-OH is 1. The summed E-state index contributed by atoms with van der Waals surface area (Å²) in [6.07, 6.45) is 2.70. The standard InChI is InChI=1S/C16H27N3O2/c1-3-5-6-15(17)16(21)18-13-7-9-14(10-8-13)19(4-2)11-12-20/h7-10,15,20H,3-6,11-12,17H2,1-2H3,(H,18,21). The number of aliphatic hydroxyl groups is 1. The first-order valence-electron chi connectivity index (χ1n) is 7.64. The molecule has 0 saturated heterocycles. The zero-order valence-electron chi connectivity index (χ0n) is 13.0. The second-order valence-electron chi connectivity index (χ2n) is 5.09. The molecule has 0 saturated carbocycles. The van der Waals surface area contributed by atoms with Gasteiger partial charge in [-0.2, -0.15) is 0 Å². The molecule has 0 aliphatic rings. The van der Waals surface area contributed by atoms with Gasteiger partial charge < -0.3 is 21.1 Å². The third kappa shape index (κ3) is 5.73. The Balaban J connectivity index is 2.59. The van der Waals surface area contributed by atoms with Gasteiger partial charge in [-0.1, -0.05) is 19.8 Å². The molecule has 0 spiro atoms. The molecule has 0 radical (unpaired) electrons. The van der Waals surface area contributed by atoms with Gasteiger partial charge in [0, 0.05) is 24.5 Å². The van der Waals surface area contributed by atoms with Gasteiger partial charge in [-0.15, -0.1) is 0 Å². The van der Waals surface area contributed by atoms with Gasteiger partial charge >= 0.3 is 0 Å². The second kappa shape index (κ2) is 9.37. The maximum Gasteiger partial charge on any atom is 0.241 e. The molecular formula is C16H27N3O2. The Hall–Kier alpha value is -1.59. The van der Waals surface area contributed by atoms with Crippen LogP contribution in [-0.4, -0.2) is 36.8 Å². The molecule has 0 aromatic heterocycles. The molecule has 1 rings (SSSR count). The number of benzene rings is 1. The number of anilines is 2. The van der Waals surface area contributed by atoms with Crippen LogP contribution in [-0.2, 0) is 4.79 Å². The fourth-order valence-electron chi connectivity index (χ4n) is 2.14. The Morgan fingerprint density at radius 1 is 1.33 bits per heavy atom. The lowest BCUT2D eigenvalue weighted by molar-refractivity contribution is -0.117. The maximum atomic E-state index is 11.9. The third-order valence-corrected chi connectivity index (χ3v) is 3.46. The molecule has 1 aromatic rings. The summed E-state index contributed by atoms with van der Waals surface area (Å²) >= 11 is 0. The minimum Gasteiger partial charge on any atom is -0.395 e. The Morgan fingerprint density at radius 3 is 2.52 bits per heavy atom. The van der Waals surface area contributed by atoms with E-state index in [0.717, 1.165) is 30.8 Å². The van der Waals surface area contributed by atoms with Crippen LogP contribution in [0.1, 0.15) is 33.1 Å². The van der Waals surface area contributed by atoms with Crippen molar-refractivity contribution in [3.05, 3.63) is 24.3 Å². The fraction of sp³-hybridized carbons (Fsp3) is 0.562. The Morgan fingerprint density at radius 2 is 2.00 bits per heavy atom. The van der Waals surface area contributed by atoms with Gasteiger partial charge in [-0.25, -0.2) is 0 Å². The van der Waals surface area contributed by atoms with E-state index in [0.29, 0.717) is 13.0 Å². The molecule has 1 unspecified atom stereocenters. The first-order valence-corrected chi connectivity index (χ1v) is 7.64. The van der Waals surface area contributed by atoms with E-state index >= 15 is 0 Å². The quantitative estimate of drug-likeness (QED) is 0.650. The summed E-state index contributed by atoms with van der Waals surface area (Å²) in [6, 6.07) is 7.14. The third-order valence-electron chi connectivity index (χ3n) is 3.46. The van der Waals surface area contributed by atoms with E-state index in [4.69, 9.17) is 10.8 Å². The molecule has 0 bridgehead atoms. The zero-order valence-corrected chi connectivity index (χ0v) is 13.0. The molecule has 21 heavy (non-hydrogen) atoms. The summed E-state index contributed by atoms with van der Waals surface area (Å²) in [4.78, 5) is 14.0. The van der Waals surface area contributed by atoms with E-state index in [1.165, 1.54) is 0 Å². The lowest BCUT2D eigenvalue weighted by Gasteiger charge is -2.22. The first kappa shape index (κ1) is 17.5. The van der Waals surface area contributed by atoms with Crippen molar-refractivity contribution in [1.82, 2.24) is 0 Å². The van der Waals surface area contributed by atoms with Gasteiger partial charge in [0.15, 0.2) is 0 Å². The largest absolute Gasteiger partial charge is 0.395 e. The van der Waals surface area contributed by atoms with Crippen molar-refractivity contribution in [3.63, 3.8) is 0 Å². The van der Waals surface area contributed by atoms with Crippen LogP contribution in [0.25, 0.3) is 0 Å². The molecular weight excluding hydrogens is 266 g/mol.